The van der Waals surface area contributed by atoms with Gasteiger partial charge in [0.15, 0.2) is 0 Å². The van der Waals surface area contributed by atoms with Gasteiger partial charge < -0.3 is 10.1 Å². The molecule has 1 N–H and O–H groups in total. The largest absolute Gasteiger partial charge is 0.446 e. The zero-order valence-electron chi connectivity index (χ0n) is 15.5. The van der Waals surface area contributed by atoms with E-state index >= 15 is 0 Å². The molecule has 0 saturated carbocycles. The number of alkyl halides is 1. The van der Waals surface area contributed by atoms with Crippen LogP contribution in [0.1, 0.15) is 41.1 Å². The second-order valence-electron chi connectivity index (χ2n) is 6.46. The molecule has 1 aliphatic heterocycles. The summed E-state index contributed by atoms with van der Waals surface area (Å²) in [7, 11) is 0. The summed E-state index contributed by atoms with van der Waals surface area (Å²) in [6, 6.07) is 8.40. The number of hydrogen-bond acceptors (Lipinski definition) is 4. The summed E-state index contributed by atoms with van der Waals surface area (Å²) >= 11 is 0. The number of carbonyl (C=O) groups is 2. The Hall–Kier alpha value is -3.03. The minimum absolute atomic E-state index is 0.275. The molecule has 148 valence electrons. The molecule has 1 unspecified atom stereocenters. The van der Waals surface area contributed by atoms with Crippen molar-refractivity contribution in [1.82, 2.24) is 10.3 Å². The van der Waals surface area contributed by atoms with E-state index in [-0.39, 0.29) is 18.6 Å². The first-order valence-electron chi connectivity index (χ1n) is 9.06. The number of fused-ring (bicyclic) bond motifs is 1. The molecule has 0 bridgehead atoms. The predicted octanol–water partition coefficient (Wildman–Crippen LogP) is 3.57. The van der Waals surface area contributed by atoms with E-state index in [0.29, 0.717) is 36.3 Å². The van der Waals surface area contributed by atoms with Crippen LogP contribution in [0, 0.1) is 5.82 Å². The Balaban J connectivity index is 1.72. The summed E-state index contributed by atoms with van der Waals surface area (Å²) in [5.74, 6) is -0.737. The van der Waals surface area contributed by atoms with Gasteiger partial charge in [-0.1, -0.05) is 0 Å². The van der Waals surface area contributed by atoms with Crippen LogP contribution in [0.5, 0.6) is 0 Å². The maximum atomic E-state index is 13.0. The number of benzene rings is 1. The summed E-state index contributed by atoms with van der Waals surface area (Å²) < 4.78 is 30.1. The van der Waals surface area contributed by atoms with E-state index in [9.17, 15) is 18.4 Å². The summed E-state index contributed by atoms with van der Waals surface area (Å²) in [6.45, 7) is 1.28. The molecule has 0 saturated heterocycles. The second-order valence-corrected chi connectivity index (χ2v) is 6.46. The van der Waals surface area contributed by atoms with E-state index in [4.69, 9.17) is 4.74 Å². The van der Waals surface area contributed by atoms with Gasteiger partial charge in [-0.2, -0.15) is 0 Å². The minimum atomic E-state index is -0.727. The first-order chi connectivity index (χ1) is 13.5. The van der Waals surface area contributed by atoms with E-state index in [1.54, 1.807) is 19.1 Å². The Morgan fingerprint density at radius 1 is 1.25 bits per heavy atom. The van der Waals surface area contributed by atoms with Crippen LogP contribution < -0.4 is 10.2 Å². The molecule has 6 nitrogen and oxygen atoms in total. The Morgan fingerprint density at radius 3 is 2.71 bits per heavy atom. The molecule has 0 aliphatic carbocycles. The second kappa shape index (κ2) is 8.77. The zero-order chi connectivity index (χ0) is 20.1. The summed E-state index contributed by atoms with van der Waals surface area (Å²) in [6.07, 6.45) is 0.810. The lowest BCUT2D eigenvalue weighted by atomic mass is 10.1. The van der Waals surface area contributed by atoms with Crippen molar-refractivity contribution in [2.75, 3.05) is 24.7 Å². The highest BCUT2D eigenvalue weighted by atomic mass is 19.1. The average molecular weight is 389 g/mol. The van der Waals surface area contributed by atoms with E-state index in [0.717, 1.165) is 5.69 Å². The highest BCUT2D eigenvalue weighted by Gasteiger charge is 2.25. The maximum absolute atomic E-state index is 13.0. The number of nitrogens with zero attached hydrogens (tertiary/aromatic N) is 2. The van der Waals surface area contributed by atoms with E-state index in [1.165, 1.54) is 29.2 Å². The van der Waals surface area contributed by atoms with Crippen LogP contribution in [0.4, 0.5) is 19.3 Å². The predicted molar refractivity (Wildman–Crippen MR) is 99.5 cm³/mol. The number of aryl methyl sites for hydroxylation is 1. The maximum Gasteiger partial charge on any atom is 0.414 e. The van der Waals surface area contributed by atoms with Crippen molar-refractivity contribution in [3.05, 3.63) is 59.2 Å². The van der Waals surface area contributed by atoms with Crippen LogP contribution in [0.3, 0.4) is 0 Å². The van der Waals surface area contributed by atoms with Gasteiger partial charge in [-0.25, -0.2) is 13.6 Å². The summed E-state index contributed by atoms with van der Waals surface area (Å²) in [4.78, 5) is 30.4. The van der Waals surface area contributed by atoms with Gasteiger partial charge >= 0.3 is 6.09 Å². The molecule has 28 heavy (non-hydrogen) atoms. The van der Waals surface area contributed by atoms with Gasteiger partial charge in [0.1, 0.15) is 19.1 Å². The third kappa shape index (κ3) is 4.44. The van der Waals surface area contributed by atoms with Gasteiger partial charge in [-0.05, 0) is 56.2 Å². The van der Waals surface area contributed by atoms with Gasteiger partial charge in [0, 0.05) is 12.1 Å². The number of halogens is 2. The van der Waals surface area contributed by atoms with E-state index in [2.05, 4.69) is 10.3 Å². The highest BCUT2D eigenvalue weighted by Crippen LogP contribution is 2.28. The van der Waals surface area contributed by atoms with Crippen LogP contribution >= 0.6 is 0 Å². The number of rotatable bonds is 5. The Labute approximate surface area is 161 Å². The highest BCUT2D eigenvalue weighted by molar-refractivity contribution is 5.94. The van der Waals surface area contributed by atoms with Gasteiger partial charge in [0.05, 0.1) is 23.1 Å². The first-order valence-corrected chi connectivity index (χ1v) is 9.06. The molecule has 8 heteroatoms. The molecular weight excluding hydrogens is 368 g/mol. The van der Waals surface area contributed by atoms with Crippen LogP contribution in [0.15, 0.2) is 36.4 Å². The lowest BCUT2D eigenvalue weighted by Crippen LogP contribution is -2.37. The fourth-order valence-corrected chi connectivity index (χ4v) is 3.06. The molecule has 2 aromatic rings. The molecule has 0 fully saturated rings. The topological polar surface area (TPSA) is 71.5 Å². The Bertz CT molecular complexity index is 858. The number of anilines is 1. The number of pyridine rings is 1. The fraction of sp³-hybridized carbons (Fsp3) is 0.350. The molecule has 3 rings (SSSR count). The zero-order valence-corrected chi connectivity index (χ0v) is 15.5. The molecule has 2 heterocycles. The normalized spacial score (nSPS) is 14.2. The molecule has 1 aliphatic rings. The van der Waals surface area contributed by atoms with Crippen LogP contribution in [-0.2, 0) is 11.2 Å². The Kier molecular flexibility index (Phi) is 6.18. The van der Waals surface area contributed by atoms with Crippen molar-refractivity contribution in [3.63, 3.8) is 0 Å². The van der Waals surface area contributed by atoms with Gasteiger partial charge in [0.25, 0.3) is 5.91 Å². The first kappa shape index (κ1) is 19.7. The molecule has 2 amide bonds. The standard InChI is InChI=1S/C20H21F2N3O3/c1-13(23-19(26)14-4-6-15(22)7-5-14)16-8-9-18-17(24-16)3-2-11-25(18)20(27)28-12-10-21/h4-9,13H,2-3,10-12H2,1H3,(H,23,26). The third-order valence-electron chi connectivity index (χ3n) is 4.48. The van der Waals surface area contributed by atoms with Gasteiger partial charge in [0.2, 0.25) is 0 Å². The van der Waals surface area contributed by atoms with Crippen LogP contribution in [0.2, 0.25) is 0 Å². The molecule has 1 aromatic heterocycles. The minimum Gasteiger partial charge on any atom is -0.446 e. The quantitative estimate of drug-likeness (QED) is 0.849. The molecule has 1 atom stereocenters. The van der Waals surface area contributed by atoms with Crippen molar-refractivity contribution in [2.24, 2.45) is 0 Å². The summed E-state index contributed by atoms with van der Waals surface area (Å²) in [5.41, 5.74) is 2.36. The number of aromatic nitrogens is 1. The third-order valence-corrected chi connectivity index (χ3v) is 4.48. The van der Waals surface area contributed by atoms with Crippen LogP contribution in [-0.4, -0.2) is 36.8 Å². The van der Waals surface area contributed by atoms with E-state index in [1.807, 2.05) is 0 Å². The lowest BCUT2D eigenvalue weighted by Gasteiger charge is -2.28. The molecule has 0 spiro atoms. The fourth-order valence-electron chi connectivity index (χ4n) is 3.06. The van der Waals surface area contributed by atoms with Crippen molar-refractivity contribution in [2.45, 2.75) is 25.8 Å². The number of carbonyl (C=O) groups excluding carboxylic acids is 2. The number of ether oxygens (including phenoxy) is 1. The van der Waals surface area contributed by atoms with Crippen molar-refractivity contribution in [1.29, 1.82) is 0 Å². The number of amides is 2. The Morgan fingerprint density at radius 2 is 2.00 bits per heavy atom. The lowest BCUT2D eigenvalue weighted by molar-refractivity contribution is 0.0939. The van der Waals surface area contributed by atoms with Gasteiger partial charge in [-0.15, -0.1) is 0 Å². The van der Waals surface area contributed by atoms with Crippen LogP contribution in [0.25, 0.3) is 0 Å². The molecular formula is C20H21F2N3O3. The van der Waals surface area contributed by atoms with Crippen molar-refractivity contribution >= 4 is 17.7 Å². The number of hydrogen-bond donors (Lipinski definition) is 1. The molecule has 0 radical (unpaired) electrons. The summed E-state index contributed by atoms with van der Waals surface area (Å²) in [5, 5.41) is 2.83. The van der Waals surface area contributed by atoms with E-state index < -0.39 is 18.6 Å². The number of nitrogens with one attached hydrogen (secondary N) is 1. The average Bonchev–Trinajstić information content (AvgIpc) is 2.71. The smallest absolute Gasteiger partial charge is 0.414 e. The van der Waals surface area contributed by atoms with Crippen molar-refractivity contribution in [3.8, 4) is 0 Å². The van der Waals surface area contributed by atoms with Gasteiger partial charge in [-0.3, -0.25) is 14.7 Å². The SMILES string of the molecule is CC(NC(=O)c1ccc(F)cc1)c1ccc2c(n1)CCCN2C(=O)OCCF. The van der Waals surface area contributed by atoms with Crippen molar-refractivity contribution < 1.29 is 23.1 Å². The monoisotopic (exact) mass is 389 g/mol. The molecule has 1 aromatic carbocycles.